The van der Waals surface area contributed by atoms with E-state index in [0.29, 0.717) is 22.2 Å². The molecule has 3 aromatic rings. The fourth-order valence-corrected chi connectivity index (χ4v) is 3.62. The minimum atomic E-state index is -3.76. The molecule has 0 radical (unpaired) electrons. The second-order valence-corrected chi connectivity index (χ2v) is 8.13. The summed E-state index contributed by atoms with van der Waals surface area (Å²) in [6, 6.07) is 21.6. The molecule has 1 N–H and O–H groups in total. The molecule has 0 aliphatic rings. The van der Waals surface area contributed by atoms with Crippen LogP contribution in [0.3, 0.4) is 0 Å². The lowest BCUT2D eigenvalue weighted by molar-refractivity contribution is -0.113. The first-order valence-corrected chi connectivity index (χ1v) is 10.1. The van der Waals surface area contributed by atoms with Gasteiger partial charge in [0.15, 0.2) is 9.84 Å². The third-order valence-electron chi connectivity index (χ3n) is 3.59. The summed E-state index contributed by atoms with van der Waals surface area (Å²) >= 11 is 5.76. The predicted molar refractivity (Wildman–Crippen MR) is 105 cm³/mol. The first-order valence-electron chi connectivity index (χ1n) is 8.03. The van der Waals surface area contributed by atoms with Gasteiger partial charge >= 0.3 is 0 Å². The summed E-state index contributed by atoms with van der Waals surface area (Å²) in [5.41, 5.74) is 0.444. The van der Waals surface area contributed by atoms with Crippen LogP contribution in [0.15, 0.2) is 83.8 Å². The highest BCUT2D eigenvalue weighted by Crippen LogP contribution is 2.24. The topological polar surface area (TPSA) is 72.5 Å². The smallest absolute Gasteiger partial charge is 0.239 e. The Kier molecular flexibility index (Phi) is 5.78. The number of para-hydroxylation sites is 1. The Morgan fingerprint density at radius 1 is 0.889 bits per heavy atom. The van der Waals surface area contributed by atoms with E-state index in [9.17, 15) is 13.2 Å². The summed E-state index contributed by atoms with van der Waals surface area (Å²) in [7, 11) is -3.76. The SMILES string of the molecule is O=C(CS(=O)(=O)c1ccc(Cl)cc1)Nc1cccc(Oc2ccccc2)c1. The van der Waals surface area contributed by atoms with E-state index in [0.717, 1.165) is 0 Å². The minimum absolute atomic E-state index is 0.0446. The molecule has 0 saturated carbocycles. The molecule has 1 amide bonds. The van der Waals surface area contributed by atoms with E-state index in [1.807, 2.05) is 30.3 Å². The van der Waals surface area contributed by atoms with Gasteiger partial charge in [-0.1, -0.05) is 35.9 Å². The Balaban J connectivity index is 1.67. The van der Waals surface area contributed by atoms with Crippen LogP contribution in [-0.4, -0.2) is 20.1 Å². The number of ether oxygens (including phenoxy) is 1. The van der Waals surface area contributed by atoms with E-state index in [2.05, 4.69) is 5.32 Å². The average Bonchev–Trinajstić information content (AvgIpc) is 2.62. The molecule has 0 bridgehead atoms. The second kappa shape index (κ2) is 8.24. The summed E-state index contributed by atoms with van der Waals surface area (Å²) in [4.78, 5) is 12.2. The van der Waals surface area contributed by atoms with Gasteiger partial charge in [-0.25, -0.2) is 8.42 Å². The molecule has 0 aromatic heterocycles. The molecule has 0 heterocycles. The number of halogens is 1. The van der Waals surface area contributed by atoms with Gasteiger partial charge in [-0.3, -0.25) is 4.79 Å². The zero-order chi connectivity index (χ0) is 19.3. The summed E-state index contributed by atoms with van der Waals surface area (Å²) in [6.45, 7) is 0. The first kappa shape index (κ1) is 18.9. The van der Waals surface area contributed by atoms with Crippen molar-refractivity contribution in [2.75, 3.05) is 11.1 Å². The van der Waals surface area contributed by atoms with E-state index in [1.54, 1.807) is 24.3 Å². The van der Waals surface area contributed by atoms with Gasteiger partial charge in [0.2, 0.25) is 5.91 Å². The number of sulfone groups is 1. The molecule has 0 unspecified atom stereocenters. The molecule has 0 spiro atoms. The lowest BCUT2D eigenvalue weighted by Crippen LogP contribution is -2.23. The molecule has 0 aliphatic carbocycles. The number of hydrogen-bond acceptors (Lipinski definition) is 4. The molecular weight excluding hydrogens is 386 g/mol. The average molecular weight is 402 g/mol. The molecule has 0 fully saturated rings. The number of nitrogens with one attached hydrogen (secondary N) is 1. The van der Waals surface area contributed by atoms with Gasteiger partial charge in [0.1, 0.15) is 17.3 Å². The Labute approximate surface area is 162 Å². The zero-order valence-corrected chi connectivity index (χ0v) is 15.7. The van der Waals surface area contributed by atoms with Crippen molar-refractivity contribution in [1.82, 2.24) is 0 Å². The van der Waals surface area contributed by atoms with E-state index in [1.165, 1.54) is 24.3 Å². The van der Waals surface area contributed by atoms with Crippen molar-refractivity contribution in [3.8, 4) is 11.5 Å². The quantitative estimate of drug-likeness (QED) is 0.657. The Hall–Kier alpha value is -2.83. The largest absolute Gasteiger partial charge is 0.457 e. The fourth-order valence-electron chi connectivity index (χ4n) is 2.36. The lowest BCUT2D eigenvalue weighted by Gasteiger charge is -2.09. The van der Waals surface area contributed by atoms with Gasteiger partial charge in [-0.2, -0.15) is 0 Å². The summed E-state index contributed by atoms with van der Waals surface area (Å²) < 4.78 is 30.3. The number of benzene rings is 3. The van der Waals surface area contributed by atoms with Gasteiger partial charge in [0.05, 0.1) is 4.90 Å². The highest BCUT2D eigenvalue weighted by atomic mass is 35.5. The number of carbonyl (C=O) groups is 1. The van der Waals surface area contributed by atoms with Crippen molar-refractivity contribution in [2.45, 2.75) is 4.90 Å². The van der Waals surface area contributed by atoms with Gasteiger partial charge in [0, 0.05) is 16.8 Å². The van der Waals surface area contributed by atoms with Crippen molar-refractivity contribution in [3.63, 3.8) is 0 Å². The van der Waals surface area contributed by atoms with E-state index in [-0.39, 0.29) is 4.90 Å². The van der Waals surface area contributed by atoms with Crippen LogP contribution in [-0.2, 0) is 14.6 Å². The van der Waals surface area contributed by atoms with Crippen molar-refractivity contribution >= 4 is 33.0 Å². The van der Waals surface area contributed by atoms with Crippen LogP contribution in [0.4, 0.5) is 5.69 Å². The molecule has 7 heteroatoms. The van der Waals surface area contributed by atoms with Gasteiger partial charge < -0.3 is 10.1 Å². The molecule has 27 heavy (non-hydrogen) atoms. The lowest BCUT2D eigenvalue weighted by atomic mass is 10.3. The van der Waals surface area contributed by atoms with Crippen LogP contribution in [0.1, 0.15) is 0 Å². The molecular formula is C20H16ClNO4S. The standard InChI is InChI=1S/C20H16ClNO4S/c21-15-9-11-19(12-10-15)27(24,25)14-20(23)22-16-5-4-8-18(13-16)26-17-6-2-1-3-7-17/h1-13H,14H2,(H,22,23). The van der Waals surface area contributed by atoms with Crippen LogP contribution < -0.4 is 10.1 Å². The maximum atomic E-state index is 12.3. The van der Waals surface area contributed by atoms with Crippen LogP contribution in [0, 0.1) is 0 Å². The molecule has 138 valence electrons. The summed E-state index contributed by atoms with van der Waals surface area (Å²) in [6.07, 6.45) is 0. The maximum Gasteiger partial charge on any atom is 0.239 e. The van der Waals surface area contributed by atoms with Crippen LogP contribution in [0.25, 0.3) is 0 Å². The number of rotatable bonds is 6. The van der Waals surface area contributed by atoms with Crippen molar-refractivity contribution in [1.29, 1.82) is 0 Å². The monoisotopic (exact) mass is 401 g/mol. The summed E-state index contributed by atoms with van der Waals surface area (Å²) in [5.74, 6) is -0.119. The summed E-state index contributed by atoms with van der Waals surface area (Å²) in [5, 5.41) is 3.01. The third-order valence-corrected chi connectivity index (χ3v) is 5.48. The Bertz CT molecular complexity index is 1040. The van der Waals surface area contributed by atoms with Gasteiger partial charge in [0.25, 0.3) is 0 Å². The molecule has 0 aliphatic heterocycles. The molecule has 0 atom stereocenters. The first-order chi connectivity index (χ1) is 12.9. The van der Waals surface area contributed by atoms with Crippen LogP contribution >= 0.6 is 11.6 Å². The zero-order valence-electron chi connectivity index (χ0n) is 14.1. The van der Waals surface area contributed by atoms with Crippen molar-refractivity contribution in [3.05, 3.63) is 83.9 Å². The van der Waals surface area contributed by atoms with Crippen LogP contribution in [0.2, 0.25) is 5.02 Å². The number of anilines is 1. The molecule has 3 rings (SSSR count). The van der Waals surface area contributed by atoms with E-state index < -0.39 is 21.5 Å². The van der Waals surface area contributed by atoms with E-state index in [4.69, 9.17) is 16.3 Å². The minimum Gasteiger partial charge on any atom is -0.457 e. The molecule has 0 saturated heterocycles. The van der Waals surface area contributed by atoms with Gasteiger partial charge in [-0.05, 0) is 48.5 Å². The highest BCUT2D eigenvalue weighted by Gasteiger charge is 2.19. The number of carbonyl (C=O) groups excluding carboxylic acids is 1. The normalized spacial score (nSPS) is 11.0. The number of amides is 1. The number of hydrogen-bond donors (Lipinski definition) is 1. The molecule has 5 nitrogen and oxygen atoms in total. The van der Waals surface area contributed by atoms with Crippen molar-refractivity contribution in [2.24, 2.45) is 0 Å². The fraction of sp³-hybridized carbons (Fsp3) is 0.0500. The second-order valence-electron chi connectivity index (χ2n) is 5.70. The molecule has 3 aromatic carbocycles. The van der Waals surface area contributed by atoms with Crippen LogP contribution in [0.5, 0.6) is 11.5 Å². The predicted octanol–water partition coefficient (Wildman–Crippen LogP) is 4.54. The Morgan fingerprint density at radius 2 is 1.56 bits per heavy atom. The Morgan fingerprint density at radius 3 is 2.26 bits per heavy atom. The highest BCUT2D eigenvalue weighted by molar-refractivity contribution is 7.92. The van der Waals surface area contributed by atoms with E-state index >= 15 is 0 Å². The third kappa shape index (κ3) is 5.32. The van der Waals surface area contributed by atoms with Crippen molar-refractivity contribution < 1.29 is 17.9 Å². The maximum absolute atomic E-state index is 12.3. The van der Waals surface area contributed by atoms with Gasteiger partial charge in [-0.15, -0.1) is 0 Å².